The largest absolute Gasteiger partial charge is 0.378 e. The molecule has 2 aromatic carbocycles. The average molecular weight is 380 g/mol. The third kappa shape index (κ3) is 5.28. The first-order chi connectivity index (χ1) is 11.8. The second-order valence-electron chi connectivity index (χ2n) is 6.34. The molecule has 2 rings (SSSR count). The van der Waals surface area contributed by atoms with Gasteiger partial charge in [0.15, 0.2) is 0 Å². The molecule has 6 heteroatoms. The van der Waals surface area contributed by atoms with E-state index in [0.717, 1.165) is 16.9 Å². The molecule has 4 nitrogen and oxygen atoms in total. The van der Waals surface area contributed by atoms with E-state index in [2.05, 4.69) is 5.32 Å². The fourth-order valence-electron chi connectivity index (χ4n) is 2.36. The van der Waals surface area contributed by atoms with Crippen molar-refractivity contribution in [2.75, 3.05) is 24.3 Å². The van der Waals surface area contributed by atoms with Gasteiger partial charge in [0.05, 0.1) is 10.0 Å². The maximum atomic E-state index is 12.7. The number of hydrogen-bond acceptors (Lipinski definition) is 2. The molecule has 134 valence electrons. The number of benzene rings is 2. The van der Waals surface area contributed by atoms with E-state index in [4.69, 9.17) is 23.2 Å². The summed E-state index contributed by atoms with van der Waals surface area (Å²) in [6.45, 7) is 4.41. The molecule has 0 bridgehead atoms. The number of carbonyl (C=O) groups is 1. The molecule has 1 N–H and O–H groups in total. The van der Waals surface area contributed by atoms with E-state index in [1.165, 1.54) is 0 Å². The summed E-state index contributed by atoms with van der Waals surface area (Å²) in [4.78, 5) is 16.4. The molecule has 0 radical (unpaired) electrons. The van der Waals surface area contributed by atoms with Gasteiger partial charge in [-0.1, -0.05) is 29.3 Å². The Balaban J connectivity index is 2.10. The zero-order valence-electron chi connectivity index (χ0n) is 14.9. The van der Waals surface area contributed by atoms with Crippen LogP contribution >= 0.6 is 23.2 Å². The monoisotopic (exact) mass is 379 g/mol. The smallest absolute Gasteiger partial charge is 0.322 e. The molecule has 0 saturated carbocycles. The van der Waals surface area contributed by atoms with Gasteiger partial charge in [-0.05, 0) is 55.8 Å². The van der Waals surface area contributed by atoms with E-state index in [1.54, 1.807) is 17.0 Å². The lowest BCUT2D eigenvalue weighted by Gasteiger charge is -2.27. The molecule has 0 saturated heterocycles. The van der Waals surface area contributed by atoms with Crippen molar-refractivity contribution in [3.63, 3.8) is 0 Å². The fourth-order valence-corrected chi connectivity index (χ4v) is 2.68. The van der Waals surface area contributed by atoms with Crippen LogP contribution in [0.5, 0.6) is 0 Å². The number of urea groups is 1. The van der Waals surface area contributed by atoms with Gasteiger partial charge in [-0.15, -0.1) is 0 Å². The van der Waals surface area contributed by atoms with Crippen molar-refractivity contribution in [2.24, 2.45) is 0 Å². The Bertz CT molecular complexity index is 730. The predicted octanol–water partition coefficient (Wildman–Crippen LogP) is 5.50. The number of carbonyl (C=O) groups excluding carboxylic acids is 1. The van der Waals surface area contributed by atoms with Crippen molar-refractivity contribution in [2.45, 2.75) is 26.4 Å². The lowest BCUT2D eigenvalue weighted by atomic mass is 10.2. The fraction of sp³-hybridized carbons (Fsp3) is 0.316. The Morgan fingerprint density at radius 1 is 1.04 bits per heavy atom. The minimum Gasteiger partial charge on any atom is -0.378 e. The normalized spacial score (nSPS) is 10.7. The van der Waals surface area contributed by atoms with Crippen molar-refractivity contribution in [1.29, 1.82) is 0 Å². The summed E-state index contributed by atoms with van der Waals surface area (Å²) in [6.07, 6.45) is 0. The zero-order valence-corrected chi connectivity index (χ0v) is 16.4. The Labute approximate surface area is 159 Å². The molecule has 25 heavy (non-hydrogen) atoms. The summed E-state index contributed by atoms with van der Waals surface area (Å²) in [5.74, 6) is 0. The quantitative estimate of drug-likeness (QED) is 0.743. The van der Waals surface area contributed by atoms with Crippen molar-refractivity contribution in [3.05, 3.63) is 58.1 Å². The summed E-state index contributed by atoms with van der Waals surface area (Å²) in [7, 11) is 3.96. The van der Waals surface area contributed by atoms with E-state index < -0.39 is 0 Å². The van der Waals surface area contributed by atoms with Crippen LogP contribution in [0.25, 0.3) is 0 Å². The standard InChI is InChI=1S/C19H23Cl2N3O/c1-13(2)24(12-14-5-10-17(20)18(21)11-14)19(25)22-15-6-8-16(9-7-15)23(3)4/h5-11,13H,12H2,1-4H3,(H,22,25). The van der Waals surface area contributed by atoms with Gasteiger partial charge in [0.2, 0.25) is 0 Å². The second kappa shape index (κ2) is 8.45. The summed E-state index contributed by atoms with van der Waals surface area (Å²) < 4.78 is 0. The van der Waals surface area contributed by atoms with E-state index in [-0.39, 0.29) is 12.1 Å². The van der Waals surface area contributed by atoms with Gasteiger partial charge in [-0.25, -0.2) is 4.79 Å². The van der Waals surface area contributed by atoms with E-state index in [1.807, 2.05) is 63.2 Å². The highest BCUT2D eigenvalue weighted by molar-refractivity contribution is 6.42. The van der Waals surface area contributed by atoms with Crippen LogP contribution in [-0.4, -0.2) is 31.1 Å². The molecule has 0 atom stereocenters. The van der Waals surface area contributed by atoms with Gasteiger partial charge in [0.25, 0.3) is 0 Å². The van der Waals surface area contributed by atoms with Crippen LogP contribution in [0.3, 0.4) is 0 Å². The second-order valence-corrected chi connectivity index (χ2v) is 7.16. The van der Waals surface area contributed by atoms with Gasteiger partial charge in [0.1, 0.15) is 0 Å². The van der Waals surface area contributed by atoms with Gasteiger partial charge in [-0.2, -0.15) is 0 Å². The minimum atomic E-state index is -0.154. The lowest BCUT2D eigenvalue weighted by Crippen LogP contribution is -2.39. The van der Waals surface area contributed by atoms with E-state index >= 15 is 0 Å². The summed E-state index contributed by atoms with van der Waals surface area (Å²) in [5, 5.41) is 3.94. The van der Waals surface area contributed by atoms with E-state index in [0.29, 0.717) is 16.6 Å². The first kappa shape index (κ1) is 19.4. The number of nitrogens with one attached hydrogen (secondary N) is 1. The number of anilines is 2. The van der Waals surface area contributed by atoms with Gasteiger partial charge in [-0.3, -0.25) is 0 Å². The number of halogens is 2. The summed E-state index contributed by atoms with van der Waals surface area (Å²) in [6, 6.07) is 13.0. The first-order valence-corrected chi connectivity index (χ1v) is 8.82. The van der Waals surface area contributed by atoms with Gasteiger partial charge < -0.3 is 15.1 Å². The molecule has 0 unspecified atom stereocenters. The highest BCUT2D eigenvalue weighted by Crippen LogP contribution is 2.24. The summed E-state index contributed by atoms with van der Waals surface area (Å²) in [5.41, 5.74) is 2.77. The van der Waals surface area contributed by atoms with Crippen LogP contribution in [0.2, 0.25) is 10.0 Å². The molecule has 0 fully saturated rings. The third-order valence-corrected chi connectivity index (χ3v) is 4.60. The topological polar surface area (TPSA) is 35.6 Å². The molecular formula is C19H23Cl2N3O. The zero-order chi connectivity index (χ0) is 18.6. The lowest BCUT2D eigenvalue weighted by molar-refractivity contribution is 0.193. The van der Waals surface area contributed by atoms with Crippen molar-refractivity contribution >= 4 is 40.6 Å². The molecule has 0 heterocycles. The first-order valence-electron chi connectivity index (χ1n) is 8.07. The molecule has 0 spiro atoms. The Morgan fingerprint density at radius 2 is 1.68 bits per heavy atom. The van der Waals surface area contributed by atoms with Crippen molar-refractivity contribution in [3.8, 4) is 0 Å². The maximum Gasteiger partial charge on any atom is 0.322 e. The van der Waals surface area contributed by atoms with Crippen LogP contribution in [0.15, 0.2) is 42.5 Å². The van der Waals surface area contributed by atoms with Crippen molar-refractivity contribution < 1.29 is 4.79 Å². The predicted molar refractivity (Wildman–Crippen MR) is 107 cm³/mol. The molecular weight excluding hydrogens is 357 g/mol. The Morgan fingerprint density at radius 3 is 2.20 bits per heavy atom. The highest BCUT2D eigenvalue weighted by Gasteiger charge is 2.18. The minimum absolute atomic E-state index is 0.0375. The van der Waals surface area contributed by atoms with Gasteiger partial charge >= 0.3 is 6.03 Å². The molecule has 0 aromatic heterocycles. The van der Waals surface area contributed by atoms with Crippen LogP contribution in [0.4, 0.5) is 16.2 Å². The Kier molecular flexibility index (Phi) is 6.57. The Hall–Kier alpha value is -1.91. The highest BCUT2D eigenvalue weighted by atomic mass is 35.5. The van der Waals surface area contributed by atoms with Crippen LogP contribution in [0.1, 0.15) is 19.4 Å². The summed E-state index contributed by atoms with van der Waals surface area (Å²) >= 11 is 12.0. The number of rotatable bonds is 5. The molecule has 2 aromatic rings. The number of nitrogens with zero attached hydrogens (tertiary/aromatic N) is 2. The molecule has 0 aliphatic heterocycles. The average Bonchev–Trinajstić information content (AvgIpc) is 2.55. The molecule has 2 amide bonds. The van der Waals surface area contributed by atoms with Gasteiger partial charge in [0, 0.05) is 38.1 Å². The van der Waals surface area contributed by atoms with E-state index in [9.17, 15) is 4.79 Å². The van der Waals surface area contributed by atoms with Crippen molar-refractivity contribution in [1.82, 2.24) is 4.90 Å². The maximum absolute atomic E-state index is 12.7. The molecule has 0 aliphatic rings. The molecule has 0 aliphatic carbocycles. The number of hydrogen-bond donors (Lipinski definition) is 1. The van der Waals surface area contributed by atoms with Crippen LogP contribution < -0.4 is 10.2 Å². The SMILES string of the molecule is CC(C)N(Cc1ccc(Cl)c(Cl)c1)C(=O)Nc1ccc(N(C)C)cc1. The number of amides is 2. The van der Waals surface area contributed by atoms with Crippen LogP contribution in [-0.2, 0) is 6.54 Å². The van der Waals surface area contributed by atoms with Crippen LogP contribution in [0, 0.1) is 0 Å². The third-order valence-electron chi connectivity index (χ3n) is 3.86.